The van der Waals surface area contributed by atoms with Gasteiger partial charge >= 0.3 is 6.18 Å². The maximum absolute atomic E-state index is 12.4. The molecule has 0 saturated carbocycles. The van der Waals surface area contributed by atoms with Crippen molar-refractivity contribution in [3.8, 4) is 0 Å². The first-order valence-corrected chi connectivity index (χ1v) is 5.31. The van der Waals surface area contributed by atoms with Crippen molar-refractivity contribution >= 4 is 11.4 Å². The molecule has 0 radical (unpaired) electrons. The molecule has 0 aliphatic rings. The van der Waals surface area contributed by atoms with Gasteiger partial charge in [0.2, 0.25) is 5.95 Å². The van der Waals surface area contributed by atoms with E-state index in [-0.39, 0.29) is 11.4 Å². The molecule has 1 aromatic heterocycles. The number of benzene rings is 1. The number of hydrogen-bond acceptors (Lipinski definition) is 3. The molecule has 0 atom stereocenters. The van der Waals surface area contributed by atoms with Crippen molar-refractivity contribution in [1.29, 1.82) is 0 Å². The summed E-state index contributed by atoms with van der Waals surface area (Å²) in [4.78, 5) is 2.86. The van der Waals surface area contributed by atoms with Crippen molar-refractivity contribution in [3.05, 3.63) is 53.6 Å². The van der Waals surface area contributed by atoms with Gasteiger partial charge in [-0.25, -0.2) is 13.8 Å². The van der Waals surface area contributed by atoms with Crippen LogP contribution < -0.4 is 11.5 Å². The van der Waals surface area contributed by atoms with E-state index < -0.39 is 29.3 Å². The Morgan fingerprint density at radius 3 is 2.00 bits per heavy atom. The van der Waals surface area contributed by atoms with E-state index in [1.165, 1.54) is 6.07 Å². The summed E-state index contributed by atoms with van der Waals surface area (Å²) in [6, 6.07) is 3.82. The lowest BCUT2D eigenvalue weighted by Gasteiger charge is -2.04. The van der Waals surface area contributed by atoms with Gasteiger partial charge in [0.25, 0.3) is 0 Å². The van der Waals surface area contributed by atoms with Crippen LogP contribution in [-0.4, -0.2) is 4.98 Å². The number of nitrogen functional groups attached to an aromatic ring is 2. The SMILES string of the molecule is Fc1ncccc1C(F)(F)F.Nc1ccc(F)c(F)c1N. The van der Waals surface area contributed by atoms with Crippen molar-refractivity contribution in [2.24, 2.45) is 0 Å². The van der Waals surface area contributed by atoms with E-state index in [9.17, 15) is 26.3 Å². The van der Waals surface area contributed by atoms with Gasteiger partial charge in [-0.2, -0.15) is 17.6 Å². The number of hydrogen-bond donors (Lipinski definition) is 2. The molecule has 114 valence electrons. The molecule has 0 bridgehead atoms. The molecular weight excluding hydrogens is 300 g/mol. The molecule has 0 aliphatic carbocycles. The number of halogens is 6. The summed E-state index contributed by atoms with van der Waals surface area (Å²) in [6.07, 6.45) is -3.69. The zero-order chi connectivity index (χ0) is 16.2. The summed E-state index contributed by atoms with van der Waals surface area (Å²) in [5, 5.41) is 0. The quantitative estimate of drug-likeness (QED) is 0.445. The highest BCUT2D eigenvalue weighted by Crippen LogP contribution is 2.29. The maximum Gasteiger partial charge on any atom is 0.420 e. The van der Waals surface area contributed by atoms with Crippen LogP contribution in [0.15, 0.2) is 30.5 Å². The monoisotopic (exact) mass is 309 g/mol. The molecule has 21 heavy (non-hydrogen) atoms. The van der Waals surface area contributed by atoms with E-state index >= 15 is 0 Å². The smallest absolute Gasteiger partial charge is 0.397 e. The minimum Gasteiger partial charge on any atom is -0.397 e. The Labute approximate surface area is 115 Å². The fourth-order valence-electron chi connectivity index (χ4n) is 1.18. The number of nitrogens with two attached hydrogens (primary N) is 2. The number of pyridine rings is 1. The van der Waals surface area contributed by atoms with Gasteiger partial charge in [-0.15, -0.1) is 0 Å². The third-order valence-electron chi connectivity index (χ3n) is 2.23. The second-order valence-electron chi connectivity index (χ2n) is 3.70. The highest BCUT2D eigenvalue weighted by molar-refractivity contribution is 5.63. The molecule has 0 aliphatic heterocycles. The van der Waals surface area contributed by atoms with E-state index in [0.29, 0.717) is 6.07 Å². The number of anilines is 2. The van der Waals surface area contributed by atoms with E-state index in [0.717, 1.165) is 18.3 Å². The first-order valence-electron chi connectivity index (χ1n) is 5.31. The Kier molecular flexibility index (Phi) is 5.01. The predicted octanol–water partition coefficient (Wildman–Crippen LogP) is 3.37. The van der Waals surface area contributed by atoms with Crippen molar-refractivity contribution in [2.45, 2.75) is 6.18 Å². The molecule has 0 amide bonds. The fourth-order valence-corrected chi connectivity index (χ4v) is 1.18. The normalized spacial score (nSPS) is 10.8. The number of aromatic nitrogens is 1. The van der Waals surface area contributed by atoms with Gasteiger partial charge in [-0.05, 0) is 24.3 Å². The van der Waals surface area contributed by atoms with Crippen LogP contribution in [-0.2, 0) is 6.18 Å². The minimum atomic E-state index is -4.65. The molecule has 1 aromatic carbocycles. The number of nitrogens with zero attached hydrogens (tertiary/aromatic N) is 1. The summed E-state index contributed by atoms with van der Waals surface area (Å²) in [5.74, 6) is -3.55. The number of rotatable bonds is 0. The molecule has 0 fully saturated rings. The van der Waals surface area contributed by atoms with Gasteiger partial charge in [0.05, 0.1) is 11.4 Å². The van der Waals surface area contributed by atoms with Crippen LogP contribution in [0.25, 0.3) is 0 Å². The van der Waals surface area contributed by atoms with Crippen molar-refractivity contribution < 1.29 is 26.3 Å². The van der Waals surface area contributed by atoms with Gasteiger partial charge in [-0.1, -0.05) is 0 Å². The molecule has 3 nitrogen and oxygen atoms in total. The predicted molar refractivity (Wildman–Crippen MR) is 64.4 cm³/mol. The van der Waals surface area contributed by atoms with Gasteiger partial charge in [0, 0.05) is 6.20 Å². The minimum absolute atomic E-state index is 0.0545. The van der Waals surface area contributed by atoms with Crippen LogP contribution in [0.2, 0.25) is 0 Å². The largest absolute Gasteiger partial charge is 0.420 e. The van der Waals surface area contributed by atoms with Crippen molar-refractivity contribution in [1.82, 2.24) is 4.98 Å². The third kappa shape index (κ3) is 4.26. The van der Waals surface area contributed by atoms with Crippen LogP contribution in [0.3, 0.4) is 0 Å². The molecule has 0 unspecified atom stereocenters. The van der Waals surface area contributed by atoms with Gasteiger partial charge < -0.3 is 11.5 Å². The highest BCUT2D eigenvalue weighted by Gasteiger charge is 2.34. The zero-order valence-electron chi connectivity index (χ0n) is 10.3. The molecule has 0 saturated heterocycles. The van der Waals surface area contributed by atoms with Crippen LogP contribution in [0, 0.1) is 17.6 Å². The Morgan fingerprint density at radius 2 is 1.57 bits per heavy atom. The Bertz CT molecular complexity index is 600. The Balaban J connectivity index is 0.000000211. The second-order valence-corrected chi connectivity index (χ2v) is 3.70. The van der Waals surface area contributed by atoms with E-state index in [1.807, 2.05) is 0 Å². The third-order valence-corrected chi connectivity index (χ3v) is 2.23. The highest BCUT2D eigenvalue weighted by atomic mass is 19.4. The molecule has 0 spiro atoms. The lowest BCUT2D eigenvalue weighted by Crippen LogP contribution is -2.08. The zero-order valence-corrected chi connectivity index (χ0v) is 10.3. The van der Waals surface area contributed by atoms with Gasteiger partial charge in [-0.3, -0.25) is 0 Å². The Hall–Kier alpha value is -2.45. The number of alkyl halides is 3. The van der Waals surface area contributed by atoms with E-state index in [1.54, 1.807) is 0 Å². The van der Waals surface area contributed by atoms with Crippen LogP contribution in [0.4, 0.5) is 37.7 Å². The molecule has 2 aromatic rings. The average molecular weight is 309 g/mol. The summed E-state index contributed by atoms with van der Waals surface area (Å²) in [7, 11) is 0. The van der Waals surface area contributed by atoms with Gasteiger partial charge in [0.15, 0.2) is 11.6 Å². The molecule has 1 heterocycles. The standard InChI is InChI=1S/C6H3F4N.C6H6F2N2/c7-5-4(6(8,9)10)2-1-3-11-5;7-3-1-2-4(9)6(10)5(3)8/h1-3H;1-2H,9-10H2. The van der Waals surface area contributed by atoms with E-state index in [2.05, 4.69) is 4.98 Å². The van der Waals surface area contributed by atoms with Crippen LogP contribution >= 0.6 is 0 Å². The topological polar surface area (TPSA) is 64.9 Å². The summed E-state index contributed by atoms with van der Waals surface area (Å²) in [5.41, 5.74) is 8.59. The molecular formula is C12H9F6N3. The molecule has 4 N–H and O–H groups in total. The lowest BCUT2D eigenvalue weighted by atomic mass is 10.2. The fraction of sp³-hybridized carbons (Fsp3) is 0.0833. The van der Waals surface area contributed by atoms with Gasteiger partial charge in [0.1, 0.15) is 5.56 Å². The van der Waals surface area contributed by atoms with Crippen LogP contribution in [0.1, 0.15) is 5.56 Å². The molecule has 9 heteroatoms. The summed E-state index contributed by atoms with van der Waals surface area (Å²) in [6.45, 7) is 0. The Morgan fingerprint density at radius 1 is 0.952 bits per heavy atom. The summed E-state index contributed by atoms with van der Waals surface area (Å²) >= 11 is 0. The second kappa shape index (κ2) is 6.33. The lowest BCUT2D eigenvalue weighted by molar-refractivity contribution is -0.140. The molecule has 2 rings (SSSR count). The maximum atomic E-state index is 12.4. The van der Waals surface area contributed by atoms with Crippen molar-refractivity contribution in [2.75, 3.05) is 11.5 Å². The van der Waals surface area contributed by atoms with Crippen molar-refractivity contribution in [3.63, 3.8) is 0 Å². The van der Waals surface area contributed by atoms with Crippen LogP contribution in [0.5, 0.6) is 0 Å². The first-order chi connectivity index (χ1) is 9.64. The first kappa shape index (κ1) is 16.6. The average Bonchev–Trinajstić information content (AvgIpc) is 2.41. The van der Waals surface area contributed by atoms with E-state index in [4.69, 9.17) is 11.5 Å². The summed E-state index contributed by atoms with van der Waals surface area (Å²) < 4.78 is 72.2.